The van der Waals surface area contributed by atoms with Crippen molar-refractivity contribution in [3.8, 4) is 0 Å². The first-order valence-corrected chi connectivity index (χ1v) is 9.81. The summed E-state index contributed by atoms with van der Waals surface area (Å²) in [7, 11) is -3.92. The van der Waals surface area contributed by atoms with E-state index in [1.807, 2.05) is 0 Å². The summed E-state index contributed by atoms with van der Waals surface area (Å²) in [6, 6.07) is 8.95. The van der Waals surface area contributed by atoms with E-state index in [4.69, 9.17) is 0 Å². The lowest BCUT2D eigenvalue weighted by Crippen LogP contribution is -2.47. The Labute approximate surface area is 158 Å². The molecule has 1 amide bonds. The monoisotopic (exact) mass is 394 g/mol. The van der Waals surface area contributed by atoms with Gasteiger partial charge < -0.3 is 10.4 Å². The minimum atomic E-state index is -3.92. The third kappa shape index (κ3) is 5.35. The van der Waals surface area contributed by atoms with E-state index in [0.717, 1.165) is 0 Å². The van der Waals surface area contributed by atoms with E-state index in [2.05, 4.69) is 10.0 Å². The van der Waals surface area contributed by atoms with E-state index >= 15 is 0 Å². The van der Waals surface area contributed by atoms with Crippen LogP contribution in [-0.4, -0.2) is 31.1 Å². The lowest BCUT2D eigenvalue weighted by atomic mass is 10.0. The molecule has 0 saturated carbocycles. The first-order valence-electron chi connectivity index (χ1n) is 8.32. The van der Waals surface area contributed by atoms with Gasteiger partial charge in [0.05, 0.1) is 10.5 Å². The van der Waals surface area contributed by atoms with Crippen molar-refractivity contribution in [3.63, 3.8) is 0 Å². The summed E-state index contributed by atoms with van der Waals surface area (Å²) in [5.74, 6) is -0.901. The number of anilines is 1. The largest absolute Gasteiger partial charge is 0.389 e. The number of aliphatic hydroxyl groups is 1. The molecule has 27 heavy (non-hydrogen) atoms. The molecule has 0 aliphatic carbocycles. The van der Waals surface area contributed by atoms with Crippen LogP contribution in [0.2, 0.25) is 0 Å². The fourth-order valence-corrected chi connectivity index (χ4v) is 3.60. The smallest absolute Gasteiger partial charge is 0.255 e. The molecule has 146 valence electrons. The van der Waals surface area contributed by atoms with Crippen LogP contribution in [0.5, 0.6) is 0 Å². The summed E-state index contributed by atoms with van der Waals surface area (Å²) in [5.41, 5.74) is -0.326. The molecule has 2 aromatic rings. The zero-order valence-corrected chi connectivity index (χ0v) is 16.4. The van der Waals surface area contributed by atoms with Crippen molar-refractivity contribution in [3.05, 3.63) is 59.4 Å². The van der Waals surface area contributed by atoms with Gasteiger partial charge in [0.1, 0.15) is 5.82 Å². The normalized spacial score (nSPS) is 13.3. The van der Waals surface area contributed by atoms with E-state index in [1.165, 1.54) is 56.3 Å². The molecule has 1 atom stereocenters. The zero-order valence-electron chi connectivity index (χ0n) is 15.6. The number of nitrogens with one attached hydrogen (secondary N) is 2. The number of hydrogen-bond acceptors (Lipinski definition) is 4. The summed E-state index contributed by atoms with van der Waals surface area (Å²) in [4.78, 5) is 12.3. The van der Waals surface area contributed by atoms with Crippen molar-refractivity contribution < 1.29 is 22.7 Å². The molecular formula is C19H23FN2O4S. The highest BCUT2D eigenvalue weighted by atomic mass is 32.2. The summed E-state index contributed by atoms with van der Waals surface area (Å²) in [5, 5.41) is 12.5. The van der Waals surface area contributed by atoms with Crippen LogP contribution in [0.25, 0.3) is 0 Å². The fourth-order valence-electron chi connectivity index (χ4n) is 2.18. The number of halogens is 1. The van der Waals surface area contributed by atoms with Crippen molar-refractivity contribution in [2.45, 2.75) is 44.2 Å². The van der Waals surface area contributed by atoms with Crippen molar-refractivity contribution in [1.82, 2.24) is 4.72 Å². The number of hydrogen-bond donors (Lipinski definition) is 3. The lowest BCUT2D eigenvalue weighted by molar-refractivity contribution is 0.0524. The second-order valence-electron chi connectivity index (χ2n) is 6.94. The lowest BCUT2D eigenvalue weighted by Gasteiger charge is -2.26. The number of sulfonamides is 1. The SMILES string of the molecule is Cc1cc(NC(=O)c2cccc(S(=O)(=O)NC(C)C(C)(C)O)c2)ccc1F. The van der Waals surface area contributed by atoms with Crippen molar-refractivity contribution >= 4 is 21.6 Å². The van der Waals surface area contributed by atoms with Crippen LogP contribution in [-0.2, 0) is 10.0 Å². The molecule has 0 bridgehead atoms. The molecule has 8 heteroatoms. The third-order valence-electron chi connectivity index (χ3n) is 4.21. The topological polar surface area (TPSA) is 95.5 Å². The van der Waals surface area contributed by atoms with Crippen molar-refractivity contribution in [2.75, 3.05) is 5.32 Å². The molecule has 1 unspecified atom stereocenters. The van der Waals surface area contributed by atoms with Gasteiger partial charge in [0.25, 0.3) is 5.91 Å². The fraction of sp³-hybridized carbons (Fsp3) is 0.316. The molecule has 2 aromatic carbocycles. The third-order valence-corrected chi connectivity index (χ3v) is 5.75. The molecule has 0 aromatic heterocycles. The number of benzene rings is 2. The average molecular weight is 394 g/mol. The van der Waals surface area contributed by atoms with Gasteiger partial charge in [-0.3, -0.25) is 4.79 Å². The average Bonchev–Trinajstić information content (AvgIpc) is 2.57. The summed E-state index contributed by atoms with van der Waals surface area (Å²) in [6.07, 6.45) is 0. The van der Waals surface area contributed by atoms with Gasteiger partial charge in [-0.25, -0.2) is 17.5 Å². The van der Waals surface area contributed by atoms with Crippen LogP contribution in [0.15, 0.2) is 47.4 Å². The zero-order chi connectivity index (χ0) is 20.4. The molecule has 0 fully saturated rings. The molecule has 3 N–H and O–H groups in total. The minimum absolute atomic E-state index is 0.0958. The van der Waals surface area contributed by atoms with Crippen molar-refractivity contribution in [1.29, 1.82) is 0 Å². The Kier molecular flexibility index (Phi) is 6.04. The van der Waals surface area contributed by atoms with Gasteiger partial charge in [-0.05, 0) is 69.7 Å². The van der Waals surface area contributed by atoms with E-state index in [1.54, 1.807) is 13.8 Å². The second-order valence-corrected chi connectivity index (χ2v) is 8.66. The predicted octanol–water partition coefficient (Wildman–Crippen LogP) is 2.82. The maximum absolute atomic E-state index is 13.3. The van der Waals surface area contributed by atoms with Crippen molar-refractivity contribution in [2.24, 2.45) is 0 Å². The Morgan fingerprint density at radius 2 is 1.85 bits per heavy atom. The molecule has 0 saturated heterocycles. The van der Waals surface area contributed by atoms with Gasteiger partial charge in [0.2, 0.25) is 10.0 Å². The van der Waals surface area contributed by atoms with E-state index in [-0.39, 0.29) is 16.3 Å². The Morgan fingerprint density at radius 3 is 2.44 bits per heavy atom. The Morgan fingerprint density at radius 1 is 1.19 bits per heavy atom. The van der Waals surface area contributed by atoms with Gasteiger partial charge >= 0.3 is 0 Å². The maximum Gasteiger partial charge on any atom is 0.255 e. The number of aryl methyl sites for hydroxylation is 1. The van der Waals surface area contributed by atoms with Gasteiger partial charge in [0.15, 0.2) is 0 Å². The highest BCUT2D eigenvalue weighted by Crippen LogP contribution is 2.18. The quantitative estimate of drug-likeness (QED) is 0.702. The molecule has 0 radical (unpaired) electrons. The van der Waals surface area contributed by atoms with Gasteiger partial charge in [-0.1, -0.05) is 6.07 Å². The van der Waals surface area contributed by atoms with Crippen LogP contribution in [0.3, 0.4) is 0 Å². The maximum atomic E-state index is 13.3. The van der Waals surface area contributed by atoms with Gasteiger partial charge in [-0.15, -0.1) is 0 Å². The molecule has 6 nitrogen and oxygen atoms in total. The van der Waals surface area contributed by atoms with E-state index in [0.29, 0.717) is 11.3 Å². The van der Waals surface area contributed by atoms with Crippen LogP contribution in [0.4, 0.5) is 10.1 Å². The van der Waals surface area contributed by atoms with Crippen LogP contribution >= 0.6 is 0 Å². The molecule has 2 rings (SSSR count). The number of carbonyl (C=O) groups excluding carboxylic acids is 1. The molecule has 0 aliphatic rings. The molecular weight excluding hydrogens is 371 g/mol. The summed E-state index contributed by atoms with van der Waals surface area (Å²) in [6.45, 7) is 6.11. The van der Waals surface area contributed by atoms with Crippen LogP contribution < -0.4 is 10.0 Å². The minimum Gasteiger partial charge on any atom is -0.389 e. The summed E-state index contributed by atoms with van der Waals surface area (Å²) >= 11 is 0. The van der Waals surface area contributed by atoms with Crippen LogP contribution in [0, 0.1) is 12.7 Å². The van der Waals surface area contributed by atoms with Gasteiger partial charge in [-0.2, -0.15) is 0 Å². The molecule has 0 aliphatic heterocycles. The molecule has 0 heterocycles. The van der Waals surface area contributed by atoms with Crippen LogP contribution in [0.1, 0.15) is 36.7 Å². The number of carbonyl (C=O) groups is 1. The Balaban J connectivity index is 2.23. The first kappa shape index (κ1) is 21.0. The van der Waals surface area contributed by atoms with E-state index < -0.39 is 27.6 Å². The second kappa shape index (κ2) is 7.75. The highest BCUT2D eigenvalue weighted by Gasteiger charge is 2.28. The first-order chi connectivity index (χ1) is 12.4. The predicted molar refractivity (Wildman–Crippen MR) is 102 cm³/mol. The standard InChI is InChI=1S/C19H23FN2O4S/c1-12-10-15(8-9-17(12)20)21-18(23)14-6-5-7-16(11-14)27(25,26)22-13(2)19(3,4)24/h5-11,13,22,24H,1-4H3,(H,21,23). The van der Waals surface area contributed by atoms with Gasteiger partial charge in [0, 0.05) is 17.3 Å². The number of amides is 1. The Bertz CT molecular complexity index is 952. The summed E-state index contributed by atoms with van der Waals surface area (Å²) < 4.78 is 40.7. The highest BCUT2D eigenvalue weighted by molar-refractivity contribution is 7.89. The van der Waals surface area contributed by atoms with E-state index in [9.17, 15) is 22.7 Å². The molecule has 0 spiro atoms. The Hall–Kier alpha value is -2.29. The number of rotatable bonds is 6.